The zero-order chi connectivity index (χ0) is 19.8. The van der Waals surface area contributed by atoms with Crippen LogP contribution in [0.2, 0.25) is 0 Å². The molecule has 0 aliphatic rings. The topological polar surface area (TPSA) is 67.4 Å². The standard InChI is InChI=1S/C23H22N2O3/c1-17(26)24-19-10-7-11-20(16-19)25-23(27)14-15-28-22-13-6-5-12-21(22)18-8-3-2-4-9-18/h2-13,16H,14-15H2,1H3,(H,24,26)(H,25,27). The highest BCUT2D eigenvalue weighted by molar-refractivity contribution is 5.93. The van der Waals surface area contributed by atoms with Gasteiger partial charge in [-0.25, -0.2) is 0 Å². The summed E-state index contributed by atoms with van der Waals surface area (Å²) in [7, 11) is 0. The van der Waals surface area contributed by atoms with E-state index in [0.29, 0.717) is 11.4 Å². The van der Waals surface area contributed by atoms with Crippen molar-refractivity contribution in [3.05, 3.63) is 78.9 Å². The molecule has 3 aromatic rings. The van der Waals surface area contributed by atoms with Crippen LogP contribution in [0.15, 0.2) is 78.9 Å². The van der Waals surface area contributed by atoms with Crippen molar-refractivity contribution in [3.63, 3.8) is 0 Å². The van der Waals surface area contributed by atoms with Crippen molar-refractivity contribution in [1.82, 2.24) is 0 Å². The SMILES string of the molecule is CC(=O)Nc1cccc(NC(=O)CCOc2ccccc2-c2ccccc2)c1. The molecule has 0 atom stereocenters. The van der Waals surface area contributed by atoms with Gasteiger partial charge in [0.2, 0.25) is 11.8 Å². The fraction of sp³-hybridized carbons (Fsp3) is 0.130. The van der Waals surface area contributed by atoms with Gasteiger partial charge in [0.05, 0.1) is 13.0 Å². The number of amides is 2. The summed E-state index contributed by atoms with van der Waals surface area (Å²) in [4.78, 5) is 23.4. The number of nitrogens with one attached hydrogen (secondary N) is 2. The third-order valence-electron chi connectivity index (χ3n) is 4.03. The molecule has 0 heterocycles. The molecule has 0 spiro atoms. The van der Waals surface area contributed by atoms with E-state index in [4.69, 9.17) is 4.74 Å². The van der Waals surface area contributed by atoms with Gasteiger partial charge in [0.15, 0.2) is 0 Å². The predicted molar refractivity (Wildman–Crippen MR) is 111 cm³/mol. The first-order chi connectivity index (χ1) is 13.6. The number of ether oxygens (including phenoxy) is 1. The fourth-order valence-electron chi connectivity index (χ4n) is 2.80. The Morgan fingerprint density at radius 1 is 0.821 bits per heavy atom. The van der Waals surface area contributed by atoms with Crippen molar-refractivity contribution in [2.75, 3.05) is 17.2 Å². The monoisotopic (exact) mass is 374 g/mol. The molecule has 0 aromatic heterocycles. The zero-order valence-corrected chi connectivity index (χ0v) is 15.6. The van der Waals surface area contributed by atoms with E-state index in [2.05, 4.69) is 10.6 Å². The molecule has 0 aliphatic carbocycles. The van der Waals surface area contributed by atoms with Gasteiger partial charge in [-0.2, -0.15) is 0 Å². The molecule has 0 fully saturated rings. The van der Waals surface area contributed by atoms with Gasteiger partial charge in [-0.15, -0.1) is 0 Å². The molecule has 0 unspecified atom stereocenters. The molecule has 5 heteroatoms. The minimum absolute atomic E-state index is 0.155. The average Bonchev–Trinajstić information content (AvgIpc) is 2.69. The van der Waals surface area contributed by atoms with E-state index in [1.165, 1.54) is 6.92 Å². The van der Waals surface area contributed by atoms with E-state index in [9.17, 15) is 9.59 Å². The number of rotatable bonds is 7. The Morgan fingerprint density at radius 3 is 2.25 bits per heavy atom. The van der Waals surface area contributed by atoms with Crippen molar-refractivity contribution in [2.24, 2.45) is 0 Å². The lowest BCUT2D eigenvalue weighted by Gasteiger charge is -2.12. The molecule has 5 nitrogen and oxygen atoms in total. The van der Waals surface area contributed by atoms with E-state index >= 15 is 0 Å². The predicted octanol–water partition coefficient (Wildman–Crippen LogP) is 4.72. The Hall–Kier alpha value is -3.60. The second-order valence-corrected chi connectivity index (χ2v) is 6.27. The van der Waals surface area contributed by atoms with Gasteiger partial charge in [-0.1, -0.05) is 54.6 Å². The summed E-state index contributed by atoms with van der Waals surface area (Å²) in [6, 6.07) is 24.8. The smallest absolute Gasteiger partial charge is 0.227 e. The van der Waals surface area contributed by atoms with E-state index in [0.717, 1.165) is 16.9 Å². The van der Waals surface area contributed by atoms with Gasteiger partial charge in [-0.3, -0.25) is 9.59 Å². The van der Waals surface area contributed by atoms with Crippen LogP contribution in [-0.2, 0) is 9.59 Å². The van der Waals surface area contributed by atoms with Crippen molar-refractivity contribution < 1.29 is 14.3 Å². The molecular weight excluding hydrogens is 352 g/mol. The van der Waals surface area contributed by atoms with E-state index in [1.54, 1.807) is 24.3 Å². The molecule has 2 amide bonds. The molecule has 3 rings (SSSR count). The van der Waals surface area contributed by atoms with Crippen molar-refractivity contribution in [3.8, 4) is 16.9 Å². The number of benzene rings is 3. The highest BCUT2D eigenvalue weighted by Gasteiger charge is 2.08. The van der Waals surface area contributed by atoms with Crippen molar-refractivity contribution in [2.45, 2.75) is 13.3 Å². The first-order valence-corrected chi connectivity index (χ1v) is 9.06. The van der Waals surface area contributed by atoms with Gasteiger partial charge >= 0.3 is 0 Å². The van der Waals surface area contributed by atoms with Crippen molar-refractivity contribution in [1.29, 1.82) is 0 Å². The molecule has 28 heavy (non-hydrogen) atoms. The van der Waals surface area contributed by atoms with Crippen LogP contribution in [0.5, 0.6) is 5.75 Å². The number of anilines is 2. The number of para-hydroxylation sites is 1. The summed E-state index contributed by atoms with van der Waals surface area (Å²) in [6.45, 7) is 1.71. The molecule has 142 valence electrons. The molecule has 0 radical (unpaired) electrons. The molecule has 2 N–H and O–H groups in total. The van der Waals surface area contributed by atoms with E-state index in [1.807, 2.05) is 54.6 Å². The first kappa shape index (κ1) is 19.2. The summed E-state index contributed by atoms with van der Waals surface area (Å²) in [5.41, 5.74) is 3.32. The summed E-state index contributed by atoms with van der Waals surface area (Å²) in [5.74, 6) is 0.431. The summed E-state index contributed by atoms with van der Waals surface area (Å²) in [5, 5.41) is 5.51. The van der Waals surface area contributed by atoms with Gasteiger partial charge < -0.3 is 15.4 Å². The third kappa shape index (κ3) is 5.45. The van der Waals surface area contributed by atoms with Crippen LogP contribution in [0.4, 0.5) is 11.4 Å². The number of hydrogen-bond acceptors (Lipinski definition) is 3. The summed E-state index contributed by atoms with van der Waals surface area (Å²) in [6.07, 6.45) is 0.216. The van der Waals surface area contributed by atoms with E-state index in [-0.39, 0.29) is 24.8 Å². The maximum atomic E-state index is 12.2. The molecule has 0 bridgehead atoms. The molecule has 0 saturated heterocycles. The Morgan fingerprint density at radius 2 is 1.50 bits per heavy atom. The lowest BCUT2D eigenvalue weighted by atomic mass is 10.1. The molecule has 0 aliphatic heterocycles. The quantitative estimate of drug-likeness (QED) is 0.629. The van der Waals surface area contributed by atoms with Gasteiger partial charge in [-0.05, 0) is 29.8 Å². The average molecular weight is 374 g/mol. The fourth-order valence-corrected chi connectivity index (χ4v) is 2.80. The molecule has 0 saturated carbocycles. The zero-order valence-electron chi connectivity index (χ0n) is 15.6. The maximum Gasteiger partial charge on any atom is 0.227 e. The normalized spacial score (nSPS) is 10.2. The summed E-state index contributed by atoms with van der Waals surface area (Å²) < 4.78 is 5.86. The van der Waals surface area contributed by atoms with Crippen LogP contribution >= 0.6 is 0 Å². The van der Waals surface area contributed by atoms with Crippen LogP contribution < -0.4 is 15.4 Å². The lowest BCUT2D eigenvalue weighted by Crippen LogP contribution is -2.15. The maximum absolute atomic E-state index is 12.2. The third-order valence-corrected chi connectivity index (χ3v) is 4.03. The Balaban J connectivity index is 1.56. The van der Waals surface area contributed by atoms with Crippen LogP contribution in [0.3, 0.4) is 0 Å². The Bertz CT molecular complexity index is 955. The highest BCUT2D eigenvalue weighted by atomic mass is 16.5. The van der Waals surface area contributed by atoms with Crippen LogP contribution in [0.25, 0.3) is 11.1 Å². The number of carbonyl (C=O) groups excluding carboxylic acids is 2. The second-order valence-electron chi connectivity index (χ2n) is 6.27. The van der Waals surface area contributed by atoms with Crippen molar-refractivity contribution >= 4 is 23.2 Å². The van der Waals surface area contributed by atoms with Crippen LogP contribution in [0.1, 0.15) is 13.3 Å². The highest BCUT2D eigenvalue weighted by Crippen LogP contribution is 2.29. The Labute approximate surface area is 164 Å². The minimum atomic E-state index is -0.158. The number of carbonyl (C=O) groups is 2. The largest absolute Gasteiger partial charge is 0.492 e. The Kier molecular flexibility index (Phi) is 6.41. The minimum Gasteiger partial charge on any atom is -0.492 e. The van der Waals surface area contributed by atoms with E-state index < -0.39 is 0 Å². The lowest BCUT2D eigenvalue weighted by molar-refractivity contribution is -0.116. The summed E-state index contributed by atoms with van der Waals surface area (Å²) >= 11 is 0. The van der Waals surface area contributed by atoms with Gasteiger partial charge in [0.1, 0.15) is 5.75 Å². The van der Waals surface area contributed by atoms with Crippen LogP contribution in [0, 0.1) is 0 Å². The van der Waals surface area contributed by atoms with Crippen LogP contribution in [-0.4, -0.2) is 18.4 Å². The van der Waals surface area contributed by atoms with Gasteiger partial charge in [0, 0.05) is 23.9 Å². The number of hydrogen-bond donors (Lipinski definition) is 2. The second kappa shape index (κ2) is 9.37. The molecule has 3 aromatic carbocycles. The first-order valence-electron chi connectivity index (χ1n) is 9.06. The van der Waals surface area contributed by atoms with Gasteiger partial charge in [0.25, 0.3) is 0 Å². The molecular formula is C23H22N2O3.